The standard InChI is InChI=1S/C15H21N3O3/c1-15(2,3)21-14(20)18-8-5-11-4-7-16-10-12(11)17-13(19)6-9-18/h4,7,10H,5-6,8-9H2,1-3H3,(H,17,19). The minimum Gasteiger partial charge on any atom is -0.444 e. The lowest BCUT2D eigenvalue weighted by Gasteiger charge is -2.27. The van der Waals surface area contributed by atoms with E-state index < -0.39 is 5.60 Å². The highest BCUT2D eigenvalue weighted by Crippen LogP contribution is 2.18. The summed E-state index contributed by atoms with van der Waals surface area (Å²) in [5.74, 6) is -0.125. The van der Waals surface area contributed by atoms with Gasteiger partial charge in [-0.25, -0.2) is 4.79 Å². The van der Waals surface area contributed by atoms with Gasteiger partial charge in [0.25, 0.3) is 0 Å². The minimum atomic E-state index is -0.542. The molecule has 6 nitrogen and oxygen atoms in total. The summed E-state index contributed by atoms with van der Waals surface area (Å²) in [7, 11) is 0. The lowest BCUT2D eigenvalue weighted by molar-refractivity contribution is -0.116. The van der Waals surface area contributed by atoms with Crippen molar-refractivity contribution in [3.63, 3.8) is 0 Å². The van der Waals surface area contributed by atoms with Crippen molar-refractivity contribution >= 4 is 17.7 Å². The minimum absolute atomic E-state index is 0.125. The van der Waals surface area contributed by atoms with Gasteiger partial charge in [-0.1, -0.05) is 0 Å². The fourth-order valence-corrected chi connectivity index (χ4v) is 2.08. The maximum Gasteiger partial charge on any atom is 0.410 e. The van der Waals surface area contributed by atoms with Gasteiger partial charge in [0.2, 0.25) is 5.91 Å². The molecule has 114 valence electrons. The summed E-state index contributed by atoms with van der Waals surface area (Å²) in [4.78, 5) is 29.7. The fourth-order valence-electron chi connectivity index (χ4n) is 2.08. The number of fused-ring (bicyclic) bond motifs is 1. The zero-order valence-corrected chi connectivity index (χ0v) is 12.7. The van der Waals surface area contributed by atoms with Gasteiger partial charge in [-0.15, -0.1) is 0 Å². The van der Waals surface area contributed by atoms with Crippen LogP contribution in [0.5, 0.6) is 0 Å². The molecule has 0 bridgehead atoms. The normalized spacial score (nSPS) is 16.1. The first-order chi connectivity index (χ1) is 9.85. The van der Waals surface area contributed by atoms with Crippen molar-refractivity contribution in [2.45, 2.75) is 39.2 Å². The predicted molar refractivity (Wildman–Crippen MR) is 79.0 cm³/mol. The topological polar surface area (TPSA) is 71.5 Å². The summed E-state index contributed by atoms with van der Waals surface area (Å²) < 4.78 is 5.38. The van der Waals surface area contributed by atoms with Crippen molar-refractivity contribution in [2.24, 2.45) is 0 Å². The first kappa shape index (κ1) is 15.3. The monoisotopic (exact) mass is 291 g/mol. The second kappa shape index (κ2) is 6.11. The van der Waals surface area contributed by atoms with E-state index in [1.165, 1.54) is 0 Å². The van der Waals surface area contributed by atoms with Crippen LogP contribution in [0.1, 0.15) is 32.8 Å². The van der Waals surface area contributed by atoms with E-state index in [0.29, 0.717) is 25.2 Å². The Kier molecular flexibility index (Phi) is 4.45. The molecule has 2 heterocycles. The van der Waals surface area contributed by atoms with Gasteiger partial charge in [0.1, 0.15) is 5.60 Å². The Morgan fingerprint density at radius 1 is 1.33 bits per heavy atom. The molecule has 0 saturated carbocycles. The van der Waals surface area contributed by atoms with E-state index >= 15 is 0 Å². The SMILES string of the molecule is CC(C)(C)OC(=O)N1CCC(=O)Nc2cnccc2CC1. The molecule has 1 aliphatic rings. The Morgan fingerprint density at radius 2 is 2.05 bits per heavy atom. The van der Waals surface area contributed by atoms with Crippen molar-refractivity contribution in [3.8, 4) is 0 Å². The third-order valence-corrected chi connectivity index (χ3v) is 3.10. The zero-order valence-electron chi connectivity index (χ0n) is 12.7. The number of nitrogens with zero attached hydrogens (tertiary/aromatic N) is 2. The Bertz CT molecular complexity index is 537. The molecular weight excluding hydrogens is 270 g/mol. The van der Waals surface area contributed by atoms with Crippen LogP contribution in [0.15, 0.2) is 18.5 Å². The molecule has 2 rings (SSSR count). The second-order valence-electron chi connectivity index (χ2n) is 6.05. The third kappa shape index (κ3) is 4.44. The number of hydrogen-bond donors (Lipinski definition) is 1. The van der Waals surface area contributed by atoms with E-state index in [2.05, 4.69) is 10.3 Å². The van der Waals surface area contributed by atoms with Crippen molar-refractivity contribution in [2.75, 3.05) is 18.4 Å². The first-order valence-corrected chi connectivity index (χ1v) is 7.06. The average Bonchev–Trinajstić information content (AvgIpc) is 2.45. The molecule has 2 amide bonds. The summed E-state index contributed by atoms with van der Waals surface area (Å²) in [5.41, 5.74) is 1.14. The smallest absolute Gasteiger partial charge is 0.410 e. The molecule has 0 unspecified atom stereocenters. The van der Waals surface area contributed by atoms with E-state index in [1.807, 2.05) is 26.8 Å². The van der Waals surface area contributed by atoms with Gasteiger partial charge in [-0.05, 0) is 38.8 Å². The fraction of sp³-hybridized carbons (Fsp3) is 0.533. The van der Waals surface area contributed by atoms with Crippen LogP contribution >= 0.6 is 0 Å². The molecule has 1 aliphatic heterocycles. The van der Waals surface area contributed by atoms with Crippen LogP contribution in [0, 0.1) is 0 Å². The summed E-state index contributed by atoms with van der Waals surface area (Å²) in [5, 5.41) is 2.83. The van der Waals surface area contributed by atoms with Crippen LogP contribution in [0.25, 0.3) is 0 Å². The van der Waals surface area contributed by atoms with Crippen molar-refractivity contribution in [3.05, 3.63) is 24.0 Å². The molecule has 1 aromatic rings. The molecule has 1 aromatic heterocycles. The number of carbonyl (C=O) groups is 2. The Morgan fingerprint density at radius 3 is 2.76 bits per heavy atom. The highest BCUT2D eigenvalue weighted by Gasteiger charge is 2.24. The van der Waals surface area contributed by atoms with Crippen LogP contribution in [-0.2, 0) is 16.0 Å². The third-order valence-electron chi connectivity index (χ3n) is 3.10. The van der Waals surface area contributed by atoms with Gasteiger partial charge in [-0.3, -0.25) is 9.78 Å². The quantitative estimate of drug-likeness (QED) is 0.795. The van der Waals surface area contributed by atoms with Gasteiger partial charge >= 0.3 is 6.09 Å². The van der Waals surface area contributed by atoms with E-state index in [-0.39, 0.29) is 18.4 Å². The molecule has 0 spiro atoms. The van der Waals surface area contributed by atoms with Gasteiger partial charge in [0.15, 0.2) is 0 Å². The molecule has 0 fully saturated rings. The van der Waals surface area contributed by atoms with Gasteiger partial charge in [-0.2, -0.15) is 0 Å². The highest BCUT2D eigenvalue weighted by atomic mass is 16.6. The van der Waals surface area contributed by atoms with Crippen molar-refractivity contribution in [1.29, 1.82) is 0 Å². The van der Waals surface area contributed by atoms with Crippen molar-refractivity contribution in [1.82, 2.24) is 9.88 Å². The molecule has 0 aromatic carbocycles. The maximum atomic E-state index is 12.2. The summed E-state index contributed by atoms with van der Waals surface area (Å²) in [6, 6.07) is 1.86. The maximum absolute atomic E-state index is 12.2. The number of nitrogens with one attached hydrogen (secondary N) is 1. The van der Waals surface area contributed by atoms with Gasteiger partial charge < -0.3 is 15.0 Å². The summed E-state index contributed by atoms with van der Waals surface area (Å²) >= 11 is 0. The molecule has 0 atom stereocenters. The predicted octanol–water partition coefficient (Wildman–Crippen LogP) is 2.20. The molecule has 6 heteroatoms. The number of anilines is 1. The number of amides is 2. The summed E-state index contributed by atoms with van der Waals surface area (Å²) in [6.45, 7) is 6.35. The molecule has 0 radical (unpaired) electrons. The Balaban J connectivity index is 2.13. The summed E-state index contributed by atoms with van der Waals surface area (Å²) in [6.07, 6.45) is 3.83. The largest absolute Gasteiger partial charge is 0.444 e. The van der Waals surface area contributed by atoms with Gasteiger partial charge in [0.05, 0.1) is 11.9 Å². The number of rotatable bonds is 0. The average molecular weight is 291 g/mol. The van der Waals surface area contributed by atoms with Crippen molar-refractivity contribution < 1.29 is 14.3 Å². The second-order valence-corrected chi connectivity index (χ2v) is 6.05. The number of pyridine rings is 1. The van der Waals surface area contributed by atoms with E-state index in [4.69, 9.17) is 4.74 Å². The lowest BCUT2D eigenvalue weighted by atomic mass is 10.1. The molecule has 21 heavy (non-hydrogen) atoms. The Hall–Kier alpha value is -2.11. The van der Waals surface area contributed by atoms with Crippen LogP contribution in [-0.4, -0.2) is 40.6 Å². The molecule has 1 N–H and O–H groups in total. The Labute approximate surface area is 124 Å². The molecule has 0 saturated heterocycles. The van der Waals surface area contributed by atoms with Crippen LogP contribution < -0.4 is 5.32 Å². The first-order valence-electron chi connectivity index (χ1n) is 7.06. The number of carbonyl (C=O) groups excluding carboxylic acids is 2. The molecule has 0 aliphatic carbocycles. The lowest BCUT2D eigenvalue weighted by Crippen LogP contribution is -2.39. The van der Waals surface area contributed by atoms with Crippen LogP contribution in [0.3, 0.4) is 0 Å². The molecular formula is C15H21N3O3. The van der Waals surface area contributed by atoms with Gasteiger partial charge in [0, 0.05) is 25.7 Å². The number of ether oxygens (including phenoxy) is 1. The van der Waals surface area contributed by atoms with Crippen LogP contribution in [0.4, 0.5) is 10.5 Å². The van der Waals surface area contributed by atoms with E-state index in [1.54, 1.807) is 17.3 Å². The van der Waals surface area contributed by atoms with E-state index in [0.717, 1.165) is 5.56 Å². The van der Waals surface area contributed by atoms with Crippen LogP contribution in [0.2, 0.25) is 0 Å². The number of hydrogen-bond acceptors (Lipinski definition) is 4. The highest BCUT2D eigenvalue weighted by molar-refractivity contribution is 5.91. The number of aromatic nitrogens is 1. The van der Waals surface area contributed by atoms with E-state index in [9.17, 15) is 9.59 Å². The zero-order chi connectivity index (χ0) is 15.5.